The smallest absolute Gasteiger partial charge is 0.358 e. The highest BCUT2D eigenvalue weighted by Crippen LogP contribution is 2.21. The summed E-state index contributed by atoms with van der Waals surface area (Å²) in [6, 6.07) is 3.51. The van der Waals surface area contributed by atoms with E-state index in [0.29, 0.717) is 12.3 Å². The summed E-state index contributed by atoms with van der Waals surface area (Å²) in [6.45, 7) is 1.30. The molecule has 0 unspecified atom stereocenters. The van der Waals surface area contributed by atoms with E-state index < -0.39 is 5.97 Å². The molecule has 0 amide bonds. The van der Waals surface area contributed by atoms with Crippen LogP contribution in [0.3, 0.4) is 0 Å². The fraction of sp³-hybridized carbons (Fsp3) is 0.273. The standard InChI is InChI=1S/C11H11BrN2O3S/c1-14(5-9-2-7(12)6-18-9)4-8-3-10(11(15)16)13-17-8/h2-3,6H,4-5H2,1H3,(H,15,16). The lowest BCUT2D eigenvalue weighted by Crippen LogP contribution is -2.16. The number of hydrogen-bond donors (Lipinski definition) is 1. The summed E-state index contributed by atoms with van der Waals surface area (Å²) < 4.78 is 6.03. The number of nitrogens with zero attached hydrogens (tertiary/aromatic N) is 2. The molecule has 96 valence electrons. The molecule has 0 aliphatic rings. The van der Waals surface area contributed by atoms with Gasteiger partial charge in [-0.05, 0) is 29.0 Å². The van der Waals surface area contributed by atoms with E-state index in [-0.39, 0.29) is 5.69 Å². The third kappa shape index (κ3) is 3.41. The Kier molecular flexibility index (Phi) is 4.15. The molecule has 0 aliphatic heterocycles. The summed E-state index contributed by atoms with van der Waals surface area (Å²) in [7, 11) is 1.94. The van der Waals surface area contributed by atoms with Crippen molar-refractivity contribution in [3.05, 3.63) is 38.3 Å². The predicted molar refractivity (Wildman–Crippen MR) is 70.7 cm³/mol. The second-order valence-electron chi connectivity index (χ2n) is 3.89. The lowest BCUT2D eigenvalue weighted by molar-refractivity contribution is 0.0685. The van der Waals surface area contributed by atoms with Gasteiger partial charge in [0, 0.05) is 27.3 Å². The Balaban J connectivity index is 1.94. The fourth-order valence-corrected chi connectivity index (χ4v) is 3.04. The third-order valence-electron chi connectivity index (χ3n) is 2.25. The zero-order valence-corrected chi connectivity index (χ0v) is 12.0. The maximum Gasteiger partial charge on any atom is 0.358 e. The minimum atomic E-state index is -1.07. The van der Waals surface area contributed by atoms with Gasteiger partial charge < -0.3 is 9.63 Å². The molecule has 2 aromatic rings. The molecule has 5 nitrogen and oxygen atoms in total. The van der Waals surface area contributed by atoms with Crippen LogP contribution in [0.15, 0.2) is 26.5 Å². The first-order valence-electron chi connectivity index (χ1n) is 5.15. The van der Waals surface area contributed by atoms with Gasteiger partial charge in [0.15, 0.2) is 11.5 Å². The average Bonchev–Trinajstić information content (AvgIpc) is 2.88. The molecule has 0 aromatic carbocycles. The number of thiophene rings is 1. The van der Waals surface area contributed by atoms with Gasteiger partial charge in [-0.3, -0.25) is 4.90 Å². The Labute approximate surface area is 116 Å². The lowest BCUT2D eigenvalue weighted by Gasteiger charge is -2.12. The zero-order valence-electron chi connectivity index (χ0n) is 9.59. The van der Waals surface area contributed by atoms with Crippen LogP contribution >= 0.6 is 27.3 Å². The van der Waals surface area contributed by atoms with E-state index in [4.69, 9.17) is 9.63 Å². The van der Waals surface area contributed by atoms with Gasteiger partial charge in [-0.25, -0.2) is 4.79 Å². The summed E-state index contributed by atoms with van der Waals surface area (Å²) in [5, 5.41) is 14.2. The van der Waals surface area contributed by atoms with Crippen LogP contribution in [-0.4, -0.2) is 28.2 Å². The van der Waals surface area contributed by atoms with Crippen molar-refractivity contribution in [2.45, 2.75) is 13.1 Å². The van der Waals surface area contributed by atoms with Gasteiger partial charge in [0.05, 0.1) is 6.54 Å². The number of hydrogen-bond acceptors (Lipinski definition) is 5. The number of carboxylic acids is 1. The van der Waals surface area contributed by atoms with Crippen molar-refractivity contribution >= 4 is 33.2 Å². The van der Waals surface area contributed by atoms with Gasteiger partial charge in [0.2, 0.25) is 0 Å². The maximum atomic E-state index is 10.7. The third-order valence-corrected chi connectivity index (χ3v) is 3.93. The van der Waals surface area contributed by atoms with Crippen LogP contribution in [0.5, 0.6) is 0 Å². The van der Waals surface area contributed by atoms with Gasteiger partial charge in [0.1, 0.15) is 0 Å². The first kappa shape index (κ1) is 13.3. The molecule has 0 saturated heterocycles. The quantitative estimate of drug-likeness (QED) is 0.913. The first-order chi connectivity index (χ1) is 8.54. The highest BCUT2D eigenvalue weighted by molar-refractivity contribution is 9.10. The number of aromatic nitrogens is 1. The highest BCUT2D eigenvalue weighted by atomic mass is 79.9. The van der Waals surface area contributed by atoms with Crippen molar-refractivity contribution in [1.82, 2.24) is 10.1 Å². The predicted octanol–water partition coefficient (Wildman–Crippen LogP) is 2.83. The van der Waals surface area contributed by atoms with Crippen LogP contribution in [0.1, 0.15) is 21.1 Å². The van der Waals surface area contributed by atoms with E-state index in [0.717, 1.165) is 11.0 Å². The van der Waals surface area contributed by atoms with Crippen molar-refractivity contribution in [3.63, 3.8) is 0 Å². The van der Waals surface area contributed by atoms with Crippen molar-refractivity contribution in [3.8, 4) is 0 Å². The van der Waals surface area contributed by atoms with Crippen LogP contribution in [0, 0.1) is 0 Å². The molecule has 1 N–H and O–H groups in total. The minimum absolute atomic E-state index is 0.0581. The number of aromatic carboxylic acids is 1. The Morgan fingerprint density at radius 2 is 2.33 bits per heavy atom. The molecule has 7 heteroatoms. The summed E-state index contributed by atoms with van der Waals surface area (Å²) in [6.07, 6.45) is 0. The molecule has 0 fully saturated rings. The molecule has 2 aromatic heterocycles. The summed E-state index contributed by atoms with van der Waals surface area (Å²) >= 11 is 5.08. The maximum absolute atomic E-state index is 10.7. The molecule has 18 heavy (non-hydrogen) atoms. The highest BCUT2D eigenvalue weighted by Gasteiger charge is 2.12. The molecule has 0 saturated carbocycles. The van der Waals surface area contributed by atoms with Gasteiger partial charge in [-0.1, -0.05) is 5.16 Å². The van der Waals surface area contributed by atoms with Crippen LogP contribution in [0.4, 0.5) is 0 Å². The van der Waals surface area contributed by atoms with E-state index in [1.54, 1.807) is 11.3 Å². The Morgan fingerprint density at radius 1 is 1.56 bits per heavy atom. The average molecular weight is 331 g/mol. The molecular formula is C11H11BrN2O3S. The number of halogens is 1. The van der Waals surface area contributed by atoms with E-state index in [9.17, 15) is 4.79 Å². The number of carbonyl (C=O) groups is 1. The van der Waals surface area contributed by atoms with E-state index >= 15 is 0 Å². The number of carboxylic acid groups (broad SMARTS) is 1. The van der Waals surface area contributed by atoms with Gasteiger partial charge in [0.25, 0.3) is 0 Å². The molecule has 0 atom stereocenters. The Hall–Kier alpha value is -1.18. The minimum Gasteiger partial charge on any atom is -0.476 e. The van der Waals surface area contributed by atoms with Crippen LogP contribution in [0.2, 0.25) is 0 Å². The molecule has 2 heterocycles. The van der Waals surface area contributed by atoms with Gasteiger partial charge >= 0.3 is 5.97 Å². The van der Waals surface area contributed by atoms with Gasteiger partial charge in [-0.2, -0.15) is 0 Å². The van der Waals surface area contributed by atoms with Crippen molar-refractivity contribution < 1.29 is 14.4 Å². The SMILES string of the molecule is CN(Cc1cc(C(=O)O)no1)Cc1cc(Br)cs1. The van der Waals surface area contributed by atoms with Crippen LogP contribution in [0.25, 0.3) is 0 Å². The molecule has 0 bridgehead atoms. The van der Waals surface area contributed by atoms with E-state index in [2.05, 4.69) is 27.2 Å². The summed E-state index contributed by atoms with van der Waals surface area (Å²) in [4.78, 5) is 13.9. The first-order valence-corrected chi connectivity index (χ1v) is 6.82. The fourth-order valence-electron chi connectivity index (χ4n) is 1.51. The topological polar surface area (TPSA) is 66.6 Å². The Bertz CT molecular complexity index is 552. The normalized spacial score (nSPS) is 11.1. The van der Waals surface area contributed by atoms with Crippen LogP contribution < -0.4 is 0 Å². The van der Waals surface area contributed by atoms with E-state index in [1.165, 1.54) is 10.9 Å². The molecule has 2 rings (SSSR count). The van der Waals surface area contributed by atoms with Crippen LogP contribution in [-0.2, 0) is 13.1 Å². The monoisotopic (exact) mass is 330 g/mol. The molecular weight excluding hydrogens is 320 g/mol. The summed E-state index contributed by atoms with van der Waals surface area (Å²) in [5.74, 6) is -0.527. The second-order valence-corrected chi connectivity index (χ2v) is 5.80. The van der Waals surface area contributed by atoms with Crippen molar-refractivity contribution in [1.29, 1.82) is 0 Å². The lowest BCUT2D eigenvalue weighted by atomic mass is 10.3. The molecule has 0 radical (unpaired) electrons. The number of rotatable bonds is 5. The van der Waals surface area contributed by atoms with E-state index in [1.807, 2.05) is 17.3 Å². The van der Waals surface area contributed by atoms with Gasteiger partial charge in [-0.15, -0.1) is 11.3 Å². The van der Waals surface area contributed by atoms with Crippen molar-refractivity contribution in [2.75, 3.05) is 7.05 Å². The largest absolute Gasteiger partial charge is 0.476 e. The Morgan fingerprint density at radius 3 is 2.89 bits per heavy atom. The van der Waals surface area contributed by atoms with Crippen molar-refractivity contribution in [2.24, 2.45) is 0 Å². The summed E-state index contributed by atoms with van der Waals surface area (Å²) in [5.41, 5.74) is -0.0581. The second kappa shape index (κ2) is 5.64. The molecule has 0 aliphatic carbocycles. The molecule has 0 spiro atoms. The zero-order chi connectivity index (χ0) is 13.1.